The van der Waals surface area contributed by atoms with E-state index in [0.717, 1.165) is 28.9 Å². The molecule has 2 aliphatic rings. The molecule has 0 amide bonds. The van der Waals surface area contributed by atoms with E-state index >= 15 is 0 Å². The summed E-state index contributed by atoms with van der Waals surface area (Å²) in [4.78, 5) is 12.4. The van der Waals surface area contributed by atoms with Crippen LogP contribution in [-0.2, 0) is 6.42 Å². The number of carbonyl (C=O) groups is 1. The van der Waals surface area contributed by atoms with Crippen molar-refractivity contribution in [2.24, 2.45) is 5.92 Å². The fourth-order valence-electron chi connectivity index (χ4n) is 3.24. The van der Waals surface area contributed by atoms with Crippen molar-refractivity contribution in [3.8, 4) is 5.75 Å². The van der Waals surface area contributed by atoms with Gasteiger partial charge in [-0.05, 0) is 42.5 Å². The van der Waals surface area contributed by atoms with Crippen molar-refractivity contribution >= 4 is 5.78 Å². The van der Waals surface area contributed by atoms with Gasteiger partial charge in [-0.25, -0.2) is 0 Å². The minimum Gasteiger partial charge on any atom is -0.497 e. The highest BCUT2D eigenvalue weighted by Gasteiger charge is 2.26. The molecule has 0 spiro atoms. The predicted molar refractivity (Wildman–Crippen MR) is 75.7 cm³/mol. The van der Waals surface area contributed by atoms with Crippen molar-refractivity contribution in [2.45, 2.75) is 38.5 Å². The van der Waals surface area contributed by atoms with Crippen LogP contribution in [0, 0.1) is 5.92 Å². The van der Waals surface area contributed by atoms with Gasteiger partial charge in [0, 0.05) is 17.6 Å². The van der Waals surface area contributed by atoms with Crippen LogP contribution in [0.1, 0.15) is 48.0 Å². The molecule has 1 aromatic carbocycles. The molecular formula is C17H20O2. The number of fused-ring (bicyclic) bond motifs is 1. The maximum atomic E-state index is 12.4. The Balaban J connectivity index is 1.83. The van der Waals surface area contributed by atoms with E-state index in [0.29, 0.717) is 5.92 Å². The summed E-state index contributed by atoms with van der Waals surface area (Å²) in [6.07, 6.45) is 9.49. The third kappa shape index (κ3) is 2.44. The highest BCUT2D eigenvalue weighted by molar-refractivity contribution is 6.13. The third-order valence-corrected chi connectivity index (χ3v) is 4.32. The van der Waals surface area contributed by atoms with Crippen molar-refractivity contribution in [3.05, 3.63) is 41.0 Å². The number of hydrogen-bond donors (Lipinski definition) is 0. The highest BCUT2D eigenvalue weighted by atomic mass is 16.5. The van der Waals surface area contributed by atoms with Crippen molar-refractivity contribution in [1.82, 2.24) is 0 Å². The summed E-state index contributed by atoms with van der Waals surface area (Å²) in [5.41, 5.74) is 2.98. The van der Waals surface area contributed by atoms with Crippen LogP contribution in [-0.4, -0.2) is 12.9 Å². The standard InChI is InChI=1S/C17H20O2/c1-19-15-7-8-16-13(11-15)10-14(17(16)18)9-12-5-3-2-4-6-12/h7-9,11-12H,2-6,10H2,1H3/b14-9+. The number of Topliss-reactive ketones (excluding diaryl/α,β-unsaturated/α-hetero) is 1. The number of ether oxygens (including phenoxy) is 1. The summed E-state index contributed by atoms with van der Waals surface area (Å²) in [5.74, 6) is 1.68. The van der Waals surface area contributed by atoms with Crippen LogP contribution in [0.25, 0.3) is 0 Å². The topological polar surface area (TPSA) is 26.3 Å². The van der Waals surface area contributed by atoms with E-state index in [1.165, 1.54) is 32.1 Å². The second-order valence-corrected chi connectivity index (χ2v) is 5.62. The fraction of sp³-hybridized carbons (Fsp3) is 0.471. The zero-order chi connectivity index (χ0) is 13.2. The fourth-order valence-corrected chi connectivity index (χ4v) is 3.24. The first-order chi connectivity index (χ1) is 9.28. The molecule has 0 heterocycles. The lowest BCUT2D eigenvalue weighted by Crippen LogP contribution is -2.06. The Bertz CT molecular complexity index is 522. The number of methoxy groups -OCH3 is 1. The molecule has 0 saturated heterocycles. The second kappa shape index (κ2) is 5.20. The molecule has 1 fully saturated rings. The van der Waals surface area contributed by atoms with Crippen LogP contribution >= 0.6 is 0 Å². The minimum absolute atomic E-state index is 0.225. The molecule has 0 N–H and O–H groups in total. The second-order valence-electron chi connectivity index (χ2n) is 5.62. The van der Waals surface area contributed by atoms with E-state index in [9.17, 15) is 4.79 Å². The number of rotatable bonds is 2. The average Bonchev–Trinajstić information content (AvgIpc) is 2.76. The van der Waals surface area contributed by atoms with Gasteiger partial charge in [0.15, 0.2) is 5.78 Å². The summed E-state index contributed by atoms with van der Waals surface area (Å²) >= 11 is 0. The molecule has 0 atom stereocenters. The van der Waals surface area contributed by atoms with Gasteiger partial charge < -0.3 is 4.74 Å². The van der Waals surface area contributed by atoms with Gasteiger partial charge in [-0.1, -0.05) is 25.3 Å². The molecule has 3 rings (SSSR count). The van der Waals surface area contributed by atoms with Crippen molar-refractivity contribution in [1.29, 1.82) is 0 Å². The summed E-state index contributed by atoms with van der Waals surface area (Å²) < 4.78 is 5.23. The zero-order valence-electron chi connectivity index (χ0n) is 11.4. The van der Waals surface area contributed by atoms with Crippen LogP contribution in [0.15, 0.2) is 29.8 Å². The normalized spacial score (nSPS) is 21.7. The number of hydrogen-bond acceptors (Lipinski definition) is 2. The SMILES string of the molecule is COc1ccc2c(c1)C/C(=C\C1CCCCC1)C2=O. The summed E-state index contributed by atoms with van der Waals surface area (Å²) in [7, 11) is 1.66. The highest BCUT2D eigenvalue weighted by Crippen LogP contribution is 2.32. The van der Waals surface area contributed by atoms with Crippen LogP contribution in [0.4, 0.5) is 0 Å². The molecule has 0 aromatic heterocycles. The van der Waals surface area contributed by atoms with Gasteiger partial charge in [0.2, 0.25) is 0 Å². The average molecular weight is 256 g/mol. The van der Waals surface area contributed by atoms with E-state index in [4.69, 9.17) is 4.74 Å². The zero-order valence-corrected chi connectivity index (χ0v) is 11.4. The molecule has 1 aromatic rings. The van der Waals surface area contributed by atoms with Gasteiger partial charge in [0.1, 0.15) is 5.75 Å². The third-order valence-electron chi connectivity index (χ3n) is 4.32. The number of ketones is 1. The first-order valence-corrected chi connectivity index (χ1v) is 7.20. The van der Waals surface area contributed by atoms with E-state index in [2.05, 4.69) is 6.08 Å². The van der Waals surface area contributed by atoms with E-state index in [1.807, 2.05) is 18.2 Å². The Morgan fingerprint density at radius 2 is 2.00 bits per heavy atom. The molecule has 0 radical (unpaired) electrons. The number of benzene rings is 1. The van der Waals surface area contributed by atoms with Gasteiger partial charge in [-0.3, -0.25) is 4.79 Å². The smallest absolute Gasteiger partial charge is 0.189 e. The first-order valence-electron chi connectivity index (χ1n) is 7.20. The van der Waals surface area contributed by atoms with Crippen molar-refractivity contribution in [2.75, 3.05) is 7.11 Å². The molecule has 1 saturated carbocycles. The molecular weight excluding hydrogens is 236 g/mol. The molecule has 100 valence electrons. The molecule has 19 heavy (non-hydrogen) atoms. The van der Waals surface area contributed by atoms with Crippen LogP contribution < -0.4 is 4.74 Å². The first kappa shape index (κ1) is 12.5. The summed E-state index contributed by atoms with van der Waals surface area (Å²) in [5, 5.41) is 0. The molecule has 0 unspecified atom stereocenters. The Morgan fingerprint density at radius 3 is 2.74 bits per heavy atom. The maximum absolute atomic E-state index is 12.4. The lowest BCUT2D eigenvalue weighted by molar-refractivity contribution is 0.103. The monoisotopic (exact) mass is 256 g/mol. The lowest BCUT2D eigenvalue weighted by atomic mass is 9.87. The largest absolute Gasteiger partial charge is 0.497 e. The van der Waals surface area contributed by atoms with Crippen molar-refractivity contribution < 1.29 is 9.53 Å². The quantitative estimate of drug-likeness (QED) is 0.749. The van der Waals surface area contributed by atoms with E-state index in [-0.39, 0.29) is 5.78 Å². The number of carbonyl (C=O) groups excluding carboxylic acids is 1. The van der Waals surface area contributed by atoms with Gasteiger partial charge in [0.25, 0.3) is 0 Å². The molecule has 0 bridgehead atoms. The predicted octanol–water partition coefficient (Wildman–Crippen LogP) is 3.94. The minimum atomic E-state index is 0.225. The Morgan fingerprint density at radius 1 is 1.21 bits per heavy atom. The Kier molecular flexibility index (Phi) is 3.41. The summed E-state index contributed by atoms with van der Waals surface area (Å²) in [6.45, 7) is 0. The Hall–Kier alpha value is -1.57. The number of allylic oxidation sites excluding steroid dienone is 2. The van der Waals surface area contributed by atoms with Gasteiger partial charge >= 0.3 is 0 Å². The Labute approximate surface area is 114 Å². The molecule has 2 aliphatic carbocycles. The lowest BCUT2D eigenvalue weighted by Gasteiger charge is -2.18. The molecule has 2 nitrogen and oxygen atoms in total. The van der Waals surface area contributed by atoms with Gasteiger partial charge in [-0.2, -0.15) is 0 Å². The van der Waals surface area contributed by atoms with Gasteiger partial charge in [0.05, 0.1) is 7.11 Å². The van der Waals surface area contributed by atoms with Crippen LogP contribution in [0.5, 0.6) is 5.75 Å². The molecule has 2 heteroatoms. The maximum Gasteiger partial charge on any atom is 0.189 e. The van der Waals surface area contributed by atoms with E-state index < -0.39 is 0 Å². The van der Waals surface area contributed by atoms with Crippen molar-refractivity contribution in [3.63, 3.8) is 0 Å². The molecule has 0 aliphatic heterocycles. The van der Waals surface area contributed by atoms with Crippen LogP contribution in [0.2, 0.25) is 0 Å². The van der Waals surface area contributed by atoms with E-state index in [1.54, 1.807) is 7.11 Å². The van der Waals surface area contributed by atoms with Crippen LogP contribution in [0.3, 0.4) is 0 Å². The summed E-state index contributed by atoms with van der Waals surface area (Å²) in [6, 6.07) is 5.77. The van der Waals surface area contributed by atoms with Gasteiger partial charge in [-0.15, -0.1) is 0 Å².